The fraction of sp³-hybridized carbons (Fsp3) is 0.455. The Morgan fingerprint density at radius 2 is 2.21 bits per heavy atom. The van der Waals surface area contributed by atoms with Crippen LogP contribution in [0.5, 0.6) is 5.75 Å². The molecule has 0 aliphatic heterocycles. The van der Waals surface area contributed by atoms with Crippen molar-refractivity contribution in [2.24, 2.45) is 0 Å². The van der Waals surface area contributed by atoms with E-state index < -0.39 is 0 Å². The summed E-state index contributed by atoms with van der Waals surface area (Å²) in [6, 6.07) is 5.70. The molecule has 0 bridgehead atoms. The average Bonchev–Trinajstić information content (AvgIpc) is 2.12. The summed E-state index contributed by atoms with van der Waals surface area (Å²) < 4.78 is 5.67. The third kappa shape index (κ3) is 3.20. The van der Waals surface area contributed by atoms with Crippen molar-refractivity contribution in [3.8, 4) is 5.75 Å². The molecule has 0 saturated carbocycles. The van der Waals surface area contributed by atoms with Crippen molar-refractivity contribution < 1.29 is 4.74 Å². The predicted molar refractivity (Wildman–Crippen MR) is 60.2 cm³/mol. The first-order valence-electron chi connectivity index (χ1n) is 4.71. The van der Waals surface area contributed by atoms with Crippen molar-refractivity contribution in [2.45, 2.75) is 20.0 Å². The van der Waals surface area contributed by atoms with Gasteiger partial charge in [-0.1, -0.05) is 11.6 Å². The lowest BCUT2D eigenvalue weighted by molar-refractivity contribution is 0.220. The molecule has 0 radical (unpaired) electrons. The number of likely N-dealkylation sites (N-methyl/N-ethyl adjacent to an activating group) is 1. The normalized spacial score (nSPS) is 12.6. The molecular weight excluding hydrogens is 198 g/mol. The summed E-state index contributed by atoms with van der Waals surface area (Å²) in [7, 11) is 1.91. The predicted octanol–water partition coefficient (Wildman–Crippen LogP) is 2.64. The van der Waals surface area contributed by atoms with E-state index in [0.717, 1.165) is 22.9 Å². The summed E-state index contributed by atoms with van der Waals surface area (Å²) in [5, 5.41) is 3.84. The molecule has 0 aliphatic rings. The molecule has 0 saturated heterocycles. The van der Waals surface area contributed by atoms with Gasteiger partial charge in [0.1, 0.15) is 11.9 Å². The molecule has 0 heterocycles. The fourth-order valence-electron chi connectivity index (χ4n) is 1.25. The second kappa shape index (κ2) is 5.23. The van der Waals surface area contributed by atoms with Crippen LogP contribution in [0.1, 0.15) is 12.5 Å². The van der Waals surface area contributed by atoms with Gasteiger partial charge in [0.05, 0.1) is 0 Å². The zero-order valence-electron chi connectivity index (χ0n) is 8.80. The molecule has 14 heavy (non-hydrogen) atoms. The molecule has 1 rings (SSSR count). The molecule has 0 spiro atoms. The molecular formula is C11H16ClNO. The maximum atomic E-state index is 5.91. The largest absolute Gasteiger partial charge is 0.489 e. The lowest BCUT2D eigenvalue weighted by atomic mass is 10.2. The van der Waals surface area contributed by atoms with Gasteiger partial charge in [-0.3, -0.25) is 0 Å². The highest BCUT2D eigenvalue weighted by atomic mass is 35.5. The van der Waals surface area contributed by atoms with Gasteiger partial charge in [-0.25, -0.2) is 0 Å². The van der Waals surface area contributed by atoms with E-state index in [9.17, 15) is 0 Å². The number of benzene rings is 1. The summed E-state index contributed by atoms with van der Waals surface area (Å²) in [5.74, 6) is 0.870. The summed E-state index contributed by atoms with van der Waals surface area (Å²) >= 11 is 5.91. The van der Waals surface area contributed by atoms with Crippen LogP contribution in [-0.2, 0) is 0 Å². The maximum absolute atomic E-state index is 5.91. The second-order valence-corrected chi connectivity index (χ2v) is 3.80. The molecule has 1 aromatic rings. The van der Waals surface area contributed by atoms with Crippen molar-refractivity contribution >= 4 is 11.6 Å². The van der Waals surface area contributed by atoms with Crippen LogP contribution in [0.3, 0.4) is 0 Å². The number of hydrogen-bond acceptors (Lipinski definition) is 2. The zero-order chi connectivity index (χ0) is 10.6. The Balaban J connectivity index is 2.63. The number of rotatable bonds is 4. The van der Waals surface area contributed by atoms with Crippen LogP contribution in [0.4, 0.5) is 0 Å². The lowest BCUT2D eigenvalue weighted by Crippen LogP contribution is -2.25. The fourth-order valence-corrected chi connectivity index (χ4v) is 1.37. The van der Waals surface area contributed by atoms with Gasteiger partial charge in [0.15, 0.2) is 0 Å². The molecule has 0 aliphatic carbocycles. The van der Waals surface area contributed by atoms with E-state index >= 15 is 0 Å². The summed E-state index contributed by atoms with van der Waals surface area (Å²) in [6.07, 6.45) is 0.167. The second-order valence-electron chi connectivity index (χ2n) is 3.40. The molecule has 0 aromatic heterocycles. The third-order valence-electron chi connectivity index (χ3n) is 1.96. The molecule has 1 N–H and O–H groups in total. The number of ether oxygens (including phenoxy) is 1. The Morgan fingerprint density at radius 1 is 1.50 bits per heavy atom. The average molecular weight is 214 g/mol. The van der Waals surface area contributed by atoms with Gasteiger partial charge in [-0.2, -0.15) is 0 Å². The minimum Gasteiger partial charge on any atom is -0.489 e. The minimum atomic E-state index is 0.167. The highest BCUT2D eigenvalue weighted by Gasteiger charge is 2.03. The van der Waals surface area contributed by atoms with Crippen molar-refractivity contribution in [3.05, 3.63) is 28.8 Å². The van der Waals surface area contributed by atoms with Crippen LogP contribution in [0, 0.1) is 6.92 Å². The first-order valence-corrected chi connectivity index (χ1v) is 5.08. The standard InChI is InChI=1S/C11H16ClNO/c1-8-6-10(4-5-11(8)12)14-9(2)7-13-3/h4-6,9,13H,7H2,1-3H3. The Hall–Kier alpha value is -0.730. The number of halogens is 1. The van der Waals surface area contributed by atoms with Gasteiger partial charge in [-0.15, -0.1) is 0 Å². The first-order chi connectivity index (χ1) is 6.63. The molecule has 78 valence electrons. The lowest BCUT2D eigenvalue weighted by Gasteiger charge is -2.14. The van der Waals surface area contributed by atoms with Gasteiger partial charge in [0, 0.05) is 11.6 Å². The molecule has 1 atom stereocenters. The van der Waals surface area contributed by atoms with E-state index in [2.05, 4.69) is 5.32 Å². The van der Waals surface area contributed by atoms with E-state index in [1.54, 1.807) is 0 Å². The van der Waals surface area contributed by atoms with Crippen LogP contribution in [-0.4, -0.2) is 19.7 Å². The van der Waals surface area contributed by atoms with Crippen LogP contribution >= 0.6 is 11.6 Å². The van der Waals surface area contributed by atoms with Gasteiger partial charge in [-0.05, 0) is 44.7 Å². The summed E-state index contributed by atoms with van der Waals surface area (Å²) in [5.41, 5.74) is 1.04. The topological polar surface area (TPSA) is 21.3 Å². The van der Waals surface area contributed by atoms with E-state index in [1.807, 2.05) is 39.1 Å². The smallest absolute Gasteiger partial charge is 0.120 e. The number of hydrogen-bond donors (Lipinski definition) is 1. The van der Waals surface area contributed by atoms with Crippen molar-refractivity contribution in [2.75, 3.05) is 13.6 Å². The zero-order valence-corrected chi connectivity index (χ0v) is 9.56. The molecule has 1 aromatic carbocycles. The van der Waals surface area contributed by atoms with Gasteiger partial charge in [0.25, 0.3) is 0 Å². The molecule has 3 heteroatoms. The van der Waals surface area contributed by atoms with Crippen molar-refractivity contribution in [1.29, 1.82) is 0 Å². The maximum Gasteiger partial charge on any atom is 0.120 e. The minimum absolute atomic E-state index is 0.167. The number of aryl methyl sites for hydroxylation is 1. The Bertz CT molecular complexity index is 301. The quantitative estimate of drug-likeness (QED) is 0.831. The van der Waals surface area contributed by atoms with Crippen LogP contribution in [0.25, 0.3) is 0 Å². The molecule has 0 fully saturated rings. The Morgan fingerprint density at radius 3 is 2.79 bits per heavy atom. The van der Waals surface area contributed by atoms with Crippen LogP contribution < -0.4 is 10.1 Å². The molecule has 1 unspecified atom stereocenters. The monoisotopic (exact) mass is 213 g/mol. The van der Waals surface area contributed by atoms with Gasteiger partial charge < -0.3 is 10.1 Å². The Kier molecular flexibility index (Phi) is 4.23. The van der Waals surface area contributed by atoms with E-state index in [0.29, 0.717) is 0 Å². The van der Waals surface area contributed by atoms with E-state index in [1.165, 1.54) is 0 Å². The Labute approximate surface area is 90.2 Å². The first kappa shape index (κ1) is 11.3. The van der Waals surface area contributed by atoms with Crippen LogP contribution in [0.2, 0.25) is 5.02 Å². The van der Waals surface area contributed by atoms with E-state index in [4.69, 9.17) is 16.3 Å². The summed E-state index contributed by atoms with van der Waals surface area (Å²) in [6.45, 7) is 4.83. The van der Waals surface area contributed by atoms with E-state index in [-0.39, 0.29) is 6.10 Å². The van der Waals surface area contributed by atoms with Crippen LogP contribution in [0.15, 0.2) is 18.2 Å². The summed E-state index contributed by atoms with van der Waals surface area (Å²) in [4.78, 5) is 0. The van der Waals surface area contributed by atoms with Crippen molar-refractivity contribution in [1.82, 2.24) is 5.32 Å². The molecule has 2 nitrogen and oxygen atoms in total. The SMILES string of the molecule is CNCC(C)Oc1ccc(Cl)c(C)c1. The highest BCUT2D eigenvalue weighted by molar-refractivity contribution is 6.31. The molecule has 0 amide bonds. The van der Waals surface area contributed by atoms with Crippen molar-refractivity contribution in [3.63, 3.8) is 0 Å². The number of nitrogens with one attached hydrogen (secondary N) is 1. The van der Waals surface area contributed by atoms with Gasteiger partial charge >= 0.3 is 0 Å². The highest BCUT2D eigenvalue weighted by Crippen LogP contribution is 2.21. The van der Waals surface area contributed by atoms with Gasteiger partial charge in [0.2, 0.25) is 0 Å². The third-order valence-corrected chi connectivity index (χ3v) is 2.38.